The first-order valence-electron chi connectivity index (χ1n) is 5.57. The van der Waals surface area contributed by atoms with Crippen LogP contribution in [-0.4, -0.2) is 29.2 Å². The number of hydrogen-bond acceptors (Lipinski definition) is 5. The fourth-order valence-electron chi connectivity index (χ4n) is 1.63. The molecule has 0 saturated carbocycles. The van der Waals surface area contributed by atoms with Crippen LogP contribution in [0.2, 0.25) is 0 Å². The molecule has 0 N–H and O–H groups in total. The molecule has 0 unspecified atom stereocenters. The topological polar surface area (TPSA) is 57.1 Å². The van der Waals surface area contributed by atoms with Crippen molar-refractivity contribution in [2.45, 2.75) is 13.2 Å². The molecule has 0 aromatic carbocycles. The normalized spacial score (nSPS) is 10.9. The number of rotatable bonds is 4. The molecule has 0 spiro atoms. The highest BCUT2D eigenvalue weighted by atomic mass is 16.7. The van der Waals surface area contributed by atoms with Crippen LogP contribution >= 0.6 is 0 Å². The van der Waals surface area contributed by atoms with Gasteiger partial charge >= 0.3 is 0 Å². The van der Waals surface area contributed by atoms with E-state index < -0.39 is 6.29 Å². The summed E-state index contributed by atoms with van der Waals surface area (Å²) in [4.78, 5) is 13.0. The minimum absolute atomic E-state index is 0.489. The van der Waals surface area contributed by atoms with Crippen molar-refractivity contribution >= 4 is 0 Å². The molecule has 18 heavy (non-hydrogen) atoms. The lowest BCUT2D eigenvalue weighted by Gasteiger charge is -2.12. The lowest BCUT2D eigenvalue weighted by Crippen LogP contribution is -2.07. The van der Waals surface area contributed by atoms with E-state index >= 15 is 0 Å². The van der Waals surface area contributed by atoms with E-state index in [0.717, 1.165) is 11.4 Å². The van der Waals surface area contributed by atoms with E-state index in [-0.39, 0.29) is 0 Å². The van der Waals surface area contributed by atoms with Gasteiger partial charge in [-0.05, 0) is 25.1 Å². The smallest absolute Gasteiger partial charge is 0.200 e. The van der Waals surface area contributed by atoms with E-state index in [1.807, 2.05) is 25.1 Å². The van der Waals surface area contributed by atoms with Crippen LogP contribution in [0.4, 0.5) is 0 Å². The first-order chi connectivity index (χ1) is 8.74. The molecule has 2 aromatic heterocycles. The molecule has 0 aliphatic heterocycles. The molecule has 0 amide bonds. The third kappa shape index (κ3) is 2.69. The van der Waals surface area contributed by atoms with Crippen LogP contribution in [0.15, 0.2) is 30.5 Å². The first-order valence-corrected chi connectivity index (χ1v) is 5.57. The molecule has 0 fully saturated rings. The van der Waals surface area contributed by atoms with Gasteiger partial charge in [0.2, 0.25) is 6.29 Å². The summed E-state index contributed by atoms with van der Waals surface area (Å²) in [5.74, 6) is 0.565. The minimum atomic E-state index is -0.489. The predicted molar refractivity (Wildman–Crippen MR) is 66.8 cm³/mol. The Labute approximate surface area is 106 Å². The number of aromatic nitrogens is 3. The molecule has 0 saturated heterocycles. The molecule has 0 atom stereocenters. The predicted octanol–water partition coefficient (Wildman–Crippen LogP) is 2.14. The van der Waals surface area contributed by atoms with Crippen LogP contribution in [0.1, 0.15) is 17.7 Å². The Kier molecular flexibility index (Phi) is 3.96. The lowest BCUT2D eigenvalue weighted by atomic mass is 10.3. The Morgan fingerprint density at radius 1 is 1.06 bits per heavy atom. The van der Waals surface area contributed by atoms with Gasteiger partial charge in [0.15, 0.2) is 5.82 Å². The molecule has 2 heterocycles. The van der Waals surface area contributed by atoms with Crippen molar-refractivity contribution in [2.75, 3.05) is 14.2 Å². The number of hydrogen-bond donors (Lipinski definition) is 0. The van der Waals surface area contributed by atoms with Crippen molar-refractivity contribution in [2.24, 2.45) is 0 Å². The van der Waals surface area contributed by atoms with Crippen LogP contribution in [0.3, 0.4) is 0 Å². The second-order valence-electron chi connectivity index (χ2n) is 3.77. The molecule has 2 rings (SSSR count). The Morgan fingerprint density at radius 2 is 1.83 bits per heavy atom. The van der Waals surface area contributed by atoms with Gasteiger partial charge in [-0.15, -0.1) is 0 Å². The fourth-order valence-corrected chi connectivity index (χ4v) is 1.63. The average molecular weight is 245 g/mol. The summed E-state index contributed by atoms with van der Waals surface area (Å²) in [6.45, 7) is 1.93. The number of aryl methyl sites for hydroxylation is 1. The van der Waals surface area contributed by atoms with Crippen molar-refractivity contribution in [3.05, 3.63) is 41.9 Å². The van der Waals surface area contributed by atoms with Gasteiger partial charge in [-0.25, -0.2) is 15.0 Å². The van der Waals surface area contributed by atoms with E-state index in [2.05, 4.69) is 15.0 Å². The van der Waals surface area contributed by atoms with Crippen LogP contribution in [0.25, 0.3) is 11.5 Å². The maximum atomic E-state index is 5.17. The Bertz CT molecular complexity index is 527. The SMILES string of the molecule is COC(OC)c1ccnc(-c2cccc(C)n2)n1. The zero-order valence-corrected chi connectivity index (χ0v) is 10.6. The van der Waals surface area contributed by atoms with E-state index in [1.165, 1.54) is 0 Å². The van der Waals surface area contributed by atoms with Gasteiger partial charge in [0.25, 0.3) is 0 Å². The van der Waals surface area contributed by atoms with Crippen molar-refractivity contribution in [1.29, 1.82) is 0 Å². The second-order valence-corrected chi connectivity index (χ2v) is 3.77. The quantitative estimate of drug-likeness (QED) is 0.772. The van der Waals surface area contributed by atoms with Crippen LogP contribution < -0.4 is 0 Å². The van der Waals surface area contributed by atoms with Crippen LogP contribution in [0.5, 0.6) is 0 Å². The summed E-state index contributed by atoms with van der Waals surface area (Å²) < 4.78 is 10.3. The monoisotopic (exact) mass is 245 g/mol. The highest BCUT2D eigenvalue weighted by molar-refractivity contribution is 5.48. The zero-order chi connectivity index (χ0) is 13.0. The van der Waals surface area contributed by atoms with Gasteiger partial charge in [0.05, 0.1) is 0 Å². The molecule has 5 nitrogen and oxygen atoms in total. The Morgan fingerprint density at radius 3 is 2.50 bits per heavy atom. The molecule has 5 heteroatoms. The molecule has 0 bridgehead atoms. The third-order valence-corrected chi connectivity index (χ3v) is 2.46. The van der Waals surface area contributed by atoms with Gasteiger partial charge in [-0.2, -0.15) is 0 Å². The zero-order valence-electron chi connectivity index (χ0n) is 10.6. The number of methoxy groups -OCH3 is 2. The van der Waals surface area contributed by atoms with Gasteiger partial charge in [-0.1, -0.05) is 6.07 Å². The fraction of sp³-hybridized carbons (Fsp3) is 0.308. The van der Waals surface area contributed by atoms with E-state index in [9.17, 15) is 0 Å². The van der Waals surface area contributed by atoms with Gasteiger partial charge in [0.1, 0.15) is 11.4 Å². The number of nitrogens with zero attached hydrogens (tertiary/aromatic N) is 3. The summed E-state index contributed by atoms with van der Waals surface area (Å²) in [6, 6.07) is 7.50. The van der Waals surface area contributed by atoms with E-state index in [4.69, 9.17) is 9.47 Å². The summed E-state index contributed by atoms with van der Waals surface area (Å²) in [7, 11) is 3.14. The highest BCUT2D eigenvalue weighted by Crippen LogP contribution is 2.18. The molecule has 0 aliphatic carbocycles. The number of ether oxygens (including phenoxy) is 2. The summed E-state index contributed by atoms with van der Waals surface area (Å²) in [6.07, 6.45) is 1.18. The van der Waals surface area contributed by atoms with Gasteiger partial charge < -0.3 is 9.47 Å². The van der Waals surface area contributed by atoms with Crippen molar-refractivity contribution in [3.63, 3.8) is 0 Å². The van der Waals surface area contributed by atoms with Gasteiger partial charge in [-0.3, -0.25) is 0 Å². The molecule has 2 aromatic rings. The average Bonchev–Trinajstić information content (AvgIpc) is 2.41. The minimum Gasteiger partial charge on any atom is -0.350 e. The molecular formula is C13H15N3O2. The highest BCUT2D eigenvalue weighted by Gasteiger charge is 2.12. The van der Waals surface area contributed by atoms with Gasteiger partial charge in [0, 0.05) is 26.1 Å². The molecule has 0 radical (unpaired) electrons. The summed E-state index contributed by atoms with van der Waals surface area (Å²) >= 11 is 0. The Hall–Kier alpha value is -1.85. The molecule has 94 valence electrons. The largest absolute Gasteiger partial charge is 0.350 e. The van der Waals surface area contributed by atoms with Crippen molar-refractivity contribution in [3.8, 4) is 11.5 Å². The van der Waals surface area contributed by atoms with E-state index in [0.29, 0.717) is 11.5 Å². The summed E-state index contributed by atoms with van der Waals surface area (Å²) in [5.41, 5.74) is 2.34. The summed E-state index contributed by atoms with van der Waals surface area (Å²) in [5, 5.41) is 0. The lowest BCUT2D eigenvalue weighted by molar-refractivity contribution is -0.108. The molecule has 0 aliphatic rings. The van der Waals surface area contributed by atoms with Crippen molar-refractivity contribution in [1.82, 2.24) is 15.0 Å². The molecular weight excluding hydrogens is 230 g/mol. The first kappa shape index (κ1) is 12.6. The Balaban J connectivity index is 2.38. The van der Waals surface area contributed by atoms with Crippen LogP contribution in [0, 0.1) is 6.92 Å². The van der Waals surface area contributed by atoms with Crippen molar-refractivity contribution < 1.29 is 9.47 Å². The standard InChI is InChI=1S/C13H15N3O2/c1-9-5-4-6-10(15-9)12-14-8-7-11(16-12)13(17-2)18-3/h4-8,13H,1-3H3. The maximum absolute atomic E-state index is 5.17. The second kappa shape index (κ2) is 5.66. The maximum Gasteiger partial charge on any atom is 0.200 e. The third-order valence-electron chi connectivity index (χ3n) is 2.46. The number of pyridine rings is 1. The van der Waals surface area contributed by atoms with E-state index in [1.54, 1.807) is 26.5 Å². The van der Waals surface area contributed by atoms with Crippen LogP contribution in [-0.2, 0) is 9.47 Å².